The predicted octanol–water partition coefficient (Wildman–Crippen LogP) is 7.98. The van der Waals surface area contributed by atoms with Gasteiger partial charge in [-0.25, -0.2) is 10.4 Å². The van der Waals surface area contributed by atoms with Crippen LogP contribution in [0, 0.1) is 6.92 Å². The lowest BCUT2D eigenvalue weighted by atomic mass is 10.1. The lowest BCUT2D eigenvalue weighted by Gasteiger charge is -2.13. The number of amides is 1. The number of halogens is 1. The van der Waals surface area contributed by atoms with E-state index in [0.29, 0.717) is 23.7 Å². The van der Waals surface area contributed by atoms with Crippen molar-refractivity contribution in [2.45, 2.75) is 13.5 Å². The number of aromatic nitrogens is 1. The highest BCUT2D eigenvalue weighted by atomic mass is 79.9. The fourth-order valence-corrected chi connectivity index (χ4v) is 5.24. The number of carbonyl (C=O) groups excluding carboxylic acids is 1. The van der Waals surface area contributed by atoms with Gasteiger partial charge in [-0.15, -0.1) is 11.3 Å². The number of ether oxygens (including phenoxy) is 2. The SMILES string of the molecule is COc1cc(/C=N\NC(=O)c2ccc(-c3csc(Nc4ccccc4)n3)cc2)cc(Br)c1OCc1ccc(C)cc1. The maximum atomic E-state index is 12.7. The zero-order valence-electron chi connectivity index (χ0n) is 22.4. The summed E-state index contributed by atoms with van der Waals surface area (Å²) in [5.74, 6) is 0.832. The molecular weight excluding hydrogens is 600 g/mol. The molecule has 41 heavy (non-hydrogen) atoms. The summed E-state index contributed by atoms with van der Waals surface area (Å²) in [4.78, 5) is 17.3. The minimum absolute atomic E-state index is 0.318. The molecule has 0 saturated carbocycles. The van der Waals surface area contributed by atoms with Crippen molar-refractivity contribution < 1.29 is 14.3 Å². The lowest BCUT2D eigenvalue weighted by Crippen LogP contribution is -2.17. The first-order chi connectivity index (χ1) is 20.0. The number of nitrogens with zero attached hydrogens (tertiary/aromatic N) is 2. The standard InChI is InChI=1S/C32H27BrN4O3S/c1-21-8-10-22(11-9-21)19-40-30-27(33)16-23(17-29(30)39-2)18-34-37-31(38)25-14-12-24(13-15-25)28-20-41-32(36-28)35-26-6-4-3-5-7-26/h3-18,20H,19H2,1-2H3,(H,35,36)(H,37,38)/b34-18-. The van der Waals surface area contributed by atoms with E-state index in [9.17, 15) is 4.79 Å². The fraction of sp³-hybridized carbons (Fsp3) is 0.0938. The van der Waals surface area contributed by atoms with Crippen LogP contribution in [0.4, 0.5) is 10.8 Å². The number of benzene rings is 4. The van der Waals surface area contributed by atoms with Crippen molar-refractivity contribution in [3.05, 3.63) is 123 Å². The summed E-state index contributed by atoms with van der Waals surface area (Å²) < 4.78 is 12.3. The Kier molecular flexibility index (Phi) is 9.08. The van der Waals surface area contributed by atoms with Gasteiger partial charge >= 0.3 is 0 Å². The Balaban J connectivity index is 1.18. The molecule has 0 atom stereocenters. The van der Waals surface area contributed by atoms with Crippen molar-refractivity contribution in [3.8, 4) is 22.8 Å². The van der Waals surface area contributed by atoms with E-state index in [1.54, 1.807) is 31.5 Å². The number of para-hydroxylation sites is 1. The molecule has 0 aliphatic heterocycles. The molecule has 0 aliphatic carbocycles. The summed E-state index contributed by atoms with van der Waals surface area (Å²) >= 11 is 5.09. The van der Waals surface area contributed by atoms with E-state index in [-0.39, 0.29) is 5.91 Å². The summed E-state index contributed by atoms with van der Waals surface area (Å²) in [6.07, 6.45) is 1.56. The van der Waals surface area contributed by atoms with Crippen LogP contribution in [0.2, 0.25) is 0 Å². The van der Waals surface area contributed by atoms with E-state index in [1.165, 1.54) is 16.9 Å². The molecule has 2 N–H and O–H groups in total. The van der Waals surface area contributed by atoms with Crippen molar-refractivity contribution in [2.75, 3.05) is 12.4 Å². The summed E-state index contributed by atoms with van der Waals surface area (Å²) in [5.41, 5.74) is 8.79. The summed E-state index contributed by atoms with van der Waals surface area (Å²) in [7, 11) is 1.58. The Labute approximate surface area is 251 Å². The molecule has 9 heteroatoms. The second-order valence-electron chi connectivity index (χ2n) is 9.11. The minimum Gasteiger partial charge on any atom is -0.493 e. The molecule has 7 nitrogen and oxygen atoms in total. The molecule has 0 radical (unpaired) electrons. The number of rotatable bonds is 10. The highest BCUT2D eigenvalue weighted by Crippen LogP contribution is 2.37. The van der Waals surface area contributed by atoms with E-state index >= 15 is 0 Å². The molecule has 1 heterocycles. The van der Waals surface area contributed by atoms with E-state index in [0.717, 1.165) is 37.7 Å². The van der Waals surface area contributed by atoms with Crippen LogP contribution >= 0.6 is 27.3 Å². The number of hydrogen-bond donors (Lipinski definition) is 2. The Hall–Kier alpha value is -4.47. The largest absolute Gasteiger partial charge is 0.493 e. The average molecular weight is 628 g/mol. The van der Waals surface area contributed by atoms with E-state index in [4.69, 9.17) is 9.47 Å². The fourth-order valence-electron chi connectivity index (χ4n) is 3.93. The smallest absolute Gasteiger partial charge is 0.271 e. The molecule has 0 saturated heterocycles. The number of hydrazone groups is 1. The molecule has 206 valence electrons. The second kappa shape index (κ2) is 13.3. The quantitative estimate of drug-likeness (QED) is 0.121. The molecule has 1 amide bonds. The molecule has 0 unspecified atom stereocenters. The molecule has 0 bridgehead atoms. The molecule has 5 rings (SSSR count). The maximum Gasteiger partial charge on any atom is 0.271 e. The number of carbonyl (C=O) groups is 1. The molecule has 0 aliphatic rings. The molecule has 0 spiro atoms. The average Bonchev–Trinajstić information content (AvgIpc) is 3.46. The first kappa shape index (κ1) is 28.1. The number of anilines is 2. The van der Waals surface area contributed by atoms with Crippen molar-refractivity contribution in [2.24, 2.45) is 5.10 Å². The second-order valence-corrected chi connectivity index (χ2v) is 10.8. The van der Waals surface area contributed by atoms with Gasteiger partial charge in [0.05, 0.1) is 23.5 Å². The maximum absolute atomic E-state index is 12.7. The van der Waals surface area contributed by atoms with Crippen LogP contribution in [-0.2, 0) is 6.61 Å². The zero-order chi connectivity index (χ0) is 28.6. The highest BCUT2D eigenvalue weighted by molar-refractivity contribution is 9.10. The predicted molar refractivity (Wildman–Crippen MR) is 169 cm³/mol. The van der Waals surface area contributed by atoms with Crippen LogP contribution in [0.15, 0.2) is 106 Å². The number of hydrogen-bond acceptors (Lipinski definition) is 7. The van der Waals surface area contributed by atoms with Gasteiger partial charge < -0.3 is 14.8 Å². The van der Waals surface area contributed by atoms with Gasteiger partial charge in [-0.1, -0.05) is 60.2 Å². The van der Waals surface area contributed by atoms with E-state index in [1.807, 2.05) is 73.0 Å². The van der Waals surface area contributed by atoms with Gasteiger partial charge in [0.1, 0.15) is 6.61 Å². The third kappa shape index (κ3) is 7.39. The van der Waals surface area contributed by atoms with E-state index < -0.39 is 0 Å². The lowest BCUT2D eigenvalue weighted by molar-refractivity contribution is 0.0955. The van der Waals surface area contributed by atoms with Crippen LogP contribution in [0.5, 0.6) is 11.5 Å². The number of aryl methyl sites for hydroxylation is 1. The first-order valence-electron chi connectivity index (χ1n) is 12.8. The van der Waals surface area contributed by atoms with Crippen molar-refractivity contribution in [3.63, 3.8) is 0 Å². The Morgan fingerprint density at radius 2 is 1.78 bits per heavy atom. The van der Waals surface area contributed by atoms with Crippen LogP contribution in [0.25, 0.3) is 11.3 Å². The Morgan fingerprint density at radius 3 is 2.51 bits per heavy atom. The van der Waals surface area contributed by atoms with Gasteiger partial charge in [0.2, 0.25) is 0 Å². The number of methoxy groups -OCH3 is 1. The van der Waals surface area contributed by atoms with Crippen molar-refractivity contribution in [1.29, 1.82) is 0 Å². The summed E-state index contributed by atoms with van der Waals surface area (Å²) in [6.45, 7) is 2.46. The van der Waals surface area contributed by atoms with Crippen LogP contribution in [0.1, 0.15) is 27.0 Å². The highest BCUT2D eigenvalue weighted by Gasteiger charge is 2.12. The summed E-state index contributed by atoms with van der Waals surface area (Å²) in [5, 5.41) is 10.2. The Morgan fingerprint density at radius 1 is 1.02 bits per heavy atom. The van der Waals surface area contributed by atoms with Gasteiger partial charge in [-0.2, -0.15) is 5.10 Å². The van der Waals surface area contributed by atoms with Crippen molar-refractivity contribution in [1.82, 2.24) is 10.4 Å². The monoisotopic (exact) mass is 626 g/mol. The van der Waals surface area contributed by atoms with E-state index in [2.05, 4.69) is 48.9 Å². The number of thiazole rings is 1. The van der Waals surface area contributed by atoms with Crippen LogP contribution < -0.4 is 20.2 Å². The van der Waals surface area contributed by atoms with Crippen LogP contribution in [-0.4, -0.2) is 24.2 Å². The zero-order valence-corrected chi connectivity index (χ0v) is 24.8. The third-order valence-corrected chi connectivity index (χ3v) is 7.45. The Bertz CT molecular complexity index is 1650. The van der Waals surface area contributed by atoms with Gasteiger partial charge in [0.15, 0.2) is 16.6 Å². The summed E-state index contributed by atoms with van der Waals surface area (Å²) in [6, 6.07) is 29.0. The topological polar surface area (TPSA) is 84.8 Å². The number of nitrogens with one attached hydrogen (secondary N) is 2. The first-order valence-corrected chi connectivity index (χ1v) is 14.4. The molecule has 5 aromatic rings. The molecule has 4 aromatic carbocycles. The normalized spacial score (nSPS) is 10.9. The van der Waals surface area contributed by atoms with Gasteiger partial charge in [0.25, 0.3) is 5.91 Å². The molecule has 1 aromatic heterocycles. The van der Waals surface area contributed by atoms with Gasteiger partial charge in [-0.05, 0) is 70.4 Å². The van der Waals surface area contributed by atoms with Crippen LogP contribution in [0.3, 0.4) is 0 Å². The van der Waals surface area contributed by atoms with Gasteiger partial charge in [-0.3, -0.25) is 4.79 Å². The molecular formula is C32H27BrN4O3S. The van der Waals surface area contributed by atoms with Gasteiger partial charge in [0, 0.05) is 22.2 Å². The van der Waals surface area contributed by atoms with Crippen molar-refractivity contribution >= 4 is 50.2 Å². The minimum atomic E-state index is -0.318. The molecule has 0 fully saturated rings. The third-order valence-electron chi connectivity index (χ3n) is 6.11.